The topological polar surface area (TPSA) is 85.4 Å². The van der Waals surface area contributed by atoms with E-state index in [2.05, 4.69) is 0 Å². The molecular formula is C17H20O6. The molecule has 6 nitrogen and oxygen atoms in total. The molecular weight excluding hydrogens is 300 g/mol. The molecule has 6 heteroatoms. The van der Waals surface area contributed by atoms with Crippen molar-refractivity contribution in [3.05, 3.63) is 11.1 Å². The Kier molecular flexibility index (Phi) is 2.31. The summed E-state index contributed by atoms with van der Waals surface area (Å²) in [4.78, 5) is 25.1. The van der Waals surface area contributed by atoms with Gasteiger partial charge in [0, 0.05) is 23.3 Å². The van der Waals surface area contributed by atoms with Gasteiger partial charge in [0.05, 0.1) is 12.2 Å². The van der Waals surface area contributed by atoms with E-state index in [1.807, 2.05) is 13.8 Å². The van der Waals surface area contributed by atoms with Gasteiger partial charge in [-0.3, -0.25) is 4.79 Å². The van der Waals surface area contributed by atoms with E-state index in [0.29, 0.717) is 18.4 Å². The molecule has 124 valence electrons. The van der Waals surface area contributed by atoms with Crippen LogP contribution < -0.4 is 0 Å². The molecule has 2 aliphatic carbocycles. The molecule has 0 bridgehead atoms. The predicted molar refractivity (Wildman–Crippen MR) is 76.1 cm³/mol. The number of epoxide rings is 1. The summed E-state index contributed by atoms with van der Waals surface area (Å²) in [7, 11) is 0. The molecule has 0 radical (unpaired) electrons. The Bertz CT molecular complexity index is 683. The third kappa shape index (κ3) is 1.28. The average molecular weight is 320 g/mol. The summed E-state index contributed by atoms with van der Waals surface area (Å²) in [6, 6.07) is 0. The molecule has 8 atom stereocenters. The lowest BCUT2D eigenvalue weighted by Gasteiger charge is -2.49. The number of cyclic esters (lactones) is 1. The van der Waals surface area contributed by atoms with E-state index in [4.69, 9.17) is 14.2 Å². The SMILES string of the molecule is CCC1OC(=O)C2=C1C[C@H]1OC(=O)[C@]3(C)C1[C@]2(C)[C@@H]1O[C@@H]1[C@@H]3O. The van der Waals surface area contributed by atoms with Crippen molar-refractivity contribution >= 4 is 11.9 Å². The van der Waals surface area contributed by atoms with Crippen LogP contribution in [-0.4, -0.2) is 47.6 Å². The zero-order valence-electron chi connectivity index (χ0n) is 13.4. The second-order valence-electron chi connectivity index (χ2n) is 7.86. The highest BCUT2D eigenvalue weighted by atomic mass is 16.6. The van der Waals surface area contributed by atoms with Gasteiger partial charge in [0.2, 0.25) is 0 Å². The highest BCUT2D eigenvalue weighted by Gasteiger charge is 2.80. The summed E-state index contributed by atoms with van der Waals surface area (Å²) in [5.74, 6) is -0.925. The quantitative estimate of drug-likeness (QED) is 0.566. The third-order valence-electron chi connectivity index (χ3n) is 6.90. The lowest BCUT2D eigenvalue weighted by molar-refractivity contribution is -0.155. The van der Waals surface area contributed by atoms with E-state index in [1.165, 1.54) is 0 Å². The summed E-state index contributed by atoms with van der Waals surface area (Å²) in [5.41, 5.74) is -0.0250. The largest absolute Gasteiger partial charge is 0.461 e. The van der Waals surface area contributed by atoms with E-state index >= 15 is 0 Å². The highest BCUT2D eigenvalue weighted by Crippen LogP contribution is 2.69. The molecule has 3 fully saturated rings. The molecule has 0 amide bonds. The maximum atomic E-state index is 12.6. The van der Waals surface area contributed by atoms with Gasteiger partial charge in [-0.25, -0.2) is 4.79 Å². The number of hydrogen-bond donors (Lipinski definition) is 1. The fraction of sp³-hybridized carbons (Fsp3) is 0.765. The first kappa shape index (κ1) is 14.0. The van der Waals surface area contributed by atoms with Gasteiger partial charge in [-0.1, -0.05) is 13.8 Å². The van der Waals surface area contributed by atoms with E-state index < -0.39 is 23.0 Å². The van der Waals surface area contributed by atoms with Crippen molar-refractivity contribution in [3.8, 4) is 0 Å². The molecule has 0 aromatic heterocycles. The van der Waals surface area contributed by atoms with Gasteiger partial charge in [-0.2, -0.15) is 0 Å². The number of rotatable bonds is 1. The monoisotopic (exact) mass is 320 g/mol. The Balaban J connectivity index is 1.74. The van der Waals surface area contributed by atoms with Crippen molar-refractivity contribution in [2.24, 2.45) is 16.7 Å². The summed E-state index contributed by atoms with van der Waals surface area (Å²) < 4.78 is 17.0. The fourth-order valence-corrected chi connectivity index (χ4v) is 5.88. The molecule has 23 heavy (non-hydrogen) atoms. The lowest BCUT2D eigenvalue weighted by atomic mass is 9.49. The third-order valence-corrected chi connectivity index (χ3v) is 6.90. The molecule has 2 saturated heterocycles. The van der Waals surface area contributed by atoms with Crippen molar-refractivity contribution in [1.29, 1.82) is 0 Å². The van der Waals surface area contributed by atoms with E-state index in [1.54, 1.807) is 6.92 Å². The van der Waals surface area contributed by atoms with Crippen LogP contribution in [0.1, 0.15) is 33.6 Å². The van der Waals surface area contributed by atoms with Crippen molar-refractivity contribution in [3.63, 3.8) is 0 Å². The van der Waals surface area contributed by atoms with Gasteiger partial charge < -0.3 is 19.3 Å². The van der Waals surface area contributed by atoms with E-state index in [-0.39, 0.29) is 36.2 Å². The number of ether oxygens (including phenoxy) is 3. The minimum atomic E-state index is -1.03. The fourth-order valence-electron chi connectivity index (χ4n) is 5.88. The van der Waals surface area contributed by atoms with Gasteiger partial charge in [-0.05, 0) is 18.9 Å². The Labute approximate surface area is 133 Å². The van der Waals surface area contributed by atoms with Crippen LogP contribution >= 0.6 is 0 Å². The number of carbonyl (C=O) groups excluding carboxylic acids is 2. The Morgan fingerprint density at radius 2 is 1.96 bits per heavy atom. The summed E-state index contributed by atoms with van der Waals surface area (Å²) in [6.07, 6.45) is -0.866. The molecule has 3 aliphatic heterocycles. The van der Waals surface area contributed by atoms with Gasteiger partial charge in [-0.15, -0.1) is 0 Å². The second-order valence-corrected chi connectivity index (χ2v) is 7.86. The van der Waals surface area contributed by atoms with Gasteiger partial charge in [0.1, 0.15) is 23.7 Å². The number of esters is 2. The molecule has 5 aliphatic rings. The highest BCUT2D eigenvalue weighted by molar-refractivity contribution is 5.95. The zero-order chi connectivity index (χ0) is 16.3. The van der Waals surface area contributed by atoms with Gasteiger partial charge in [0.15, 0.2) is 0 Å². The molecule has 2 unspecified atom stereocenters. The van der Waals surface area contributed by atoms with Crippen molar-refractivity contribution in [1.82, 2.24) is 0 Å². The van der Waals surface area contributed by atoms with Crippen LogP contribution in [0.4, 0.5) is 0 Å². The second kappa shape index (κ2) is 3.81. The first-order valence-corrected chi connectivity index (χ1v) is 8.34. The molecule has 0 aromatic carbocycles. The Hall–Kier alpha value is -1.40. The lowest BCUT2D eigenvalue weighted by Crippen LogP contribution is -2.60. The standard InChI is InChI=1S/C17H20O6/c1-4-7-6-5-8-11-16(2,9(6)14(19)21-7)13-10(23-13)12(18)17(11,3)15(20)22-8/h7-8,10-13,18H,4-5H2,1-3H3/t7?,8-,10-,11?,12+,13-,16-,17-/m1/s1. The number of aliphatic hydroxyl groups excluding tert-OH is 1. The van der Waals surface area contributed by atoms with E-state index in [0.717, 1.165) is 5.57 Å². The first-order valence-electron chi connectivity index (χ1n) is 8.34. The van der Waals surface area contributed by atoms with E-state index in [9.17, 15) is 14.7 Å². The number of aliphatic hydroxyl groups is 1. The zero-order valence-corrected chi connectivity index (χ0v) is 13.4. The molecule has 3 heterocycles. The summed E-state index contributed by atoms with van der Waals surface area (Å²) in [6.45, 7) is 5.72. The van der Waals surface area contributed by atoms with Crippen LogP contribution in [0.3, 0.4) is 0 Å². The molecule has 1 N–H and O–H groups in total. The predicted octanol–water partition coefficient (Wildman–Crippen LogP) is 0.718. The van der Waals surface area contributed by atoms with Gasteiger partial charge in [0.25, 0.3) is 0 Å². The molecule has 0 aromatic rings. The van der Waals surface area contributed by atoms with Crippen LogP contribution in [-0.2, 0) is 23.8 Å². The van der Waals surface area contributed by atoms with Crippen molar-refractivity contribution in [2.45, 2.75) is 64.1 Å². The summed E-state index contributed by atoms with van der Waals surface area (Å²) >= 11 is 0. The van der Waals surface area contributed by atoms with Crippen LogP contribution in [0.15, 0.2) is 11.1 Å². The van der Waals surface area contributed by atoms with Crippen LogP contribution in [0.25, 0.3) is 0 Å². The van der Waals surface area contributed by atoms with Crippen molar-refractivity contribution < 1.29 is 28.9 Å². The number of fused-ring (bicyclic) bond motifs is 3. The van der Waals surface area contributed by atoms with Crippen LogP contribution in [0.2, 0.25) is 0 Å². The normalized spacial score (nSPS) is 55.8. The number of carbonyl (C=O) groups is 2. The minimum Gasteiger partial charge on any atom is -0.461 e. The number of hydrogen-bond acceptors (Lipinski definition) is 6. The van der Waals surface area contributed by atoms with Crippen LogP contribution in [0.5, 0.6) is 0 Å². The van der Waals surface area contributed by atoms with Crippen molar-refractivity contribution in [2.75, 3.05) is 0 Å². The summed E-state index contributed by atoms with van der Waals surface area (Å²) in [5, 5.41) is 10.6. The maximum Gasteiger partial charge on any atom is 0.335 e. The maximum absolute atomic E-state index is 12.6. The smallest absolute Gasteiger partial charge is 0.335 e. The Morgan fingerprint density at radius 3 is 2.65 bits per heavy atom. The molecule has 0 spiro atoms. The molecule has 5 rings (SSSR count). The molecule has 1 saturated carbocycles. The van der Waals surface area contributed by atoms with Gasteiger partial charge >= 0.3 is 11.9 Å². The first-order chi connectivity index (χ1) is 10.8. The van der Waals surface area contributed by atoms with Crippen LogP contribution in [0, 0.1) is 16.7 Å². The average Bonchev–Trinajstić information content (AvgIpc) is 3.18. The minimum absolute atomic E-state index is 0.232. The Morgan fingerprint density at radius 1 is 1.22 bits per heavy atom.